The van der Waals surface area contributed by atoms with Crippen LogP contribution in [0.4, 0.5) is 8.78 Å². The third kappa shape index (κ3) is 4.24. The molecule has 1 aliphatic carbocycles. The number of hydrogen-bond acceptors (Lipinski definition) is 6. The van der Waals surface area contributed by atoms with Crippen molar-refractivity contribution in [1.29, 1.82) is 0 Å². The van der Waals surface area contributed by atoms with Crippen LogP contribution >= 0.6 is 23.1 Å². The number of fused-ring (bicyclic) bond motifs is 1. The Kier molecular flexibility index (Phi) is 6.25. The molecular weight excluding hydrogens is 462 g/mol. The van der Waals surface area contributed by atoms with E-state index in [0.29, 0.717) is 35.0 Å². The second-order valence-electron chi connectivity index (χ2n) is 7.74. The van der Waals surface area contributed by atoms with Gasteiger partial charge < -0.3 is 15.7 Å². The SMILES string of the molecule is CC(=O)NC1CC[C@@H](C(=O)N[C@H](c2c(F)c(O)cc(Cl)c2F)c2cccc3nnsc23)C1. The Morgan fingerprint density at radius 1 is 1.28 bits per heavy atom. The molecule has 0 aliphatic heterocycles. The lowest BCUT2D eigenvalue weighted by molar-refractivity contribution is -0.125. The molecule has 11 heteroatoms. The summed E-state index contributed by atoms with van der Waals surface area (Å²) >= 11 is 6.90. The quantitative estimate of drug-likeness (QED) is 0.481. The molecule has 32 heavy (non-hydrogen) atoms. The van der Waals surface area contributed by atoms with Gasteiger partial charge in [0.25, 0.3) is 0 Å². The maximum Gasteiger partial charge on any atom is 0.223 e. The monoisotopic (exact) mass is 480 g/mol. The molecular formula is C21H19ClF2N4O3S. The molecule has 168 valence electrons. The van der Waals surface area contributed by atoms with E-state index in [-0.39, 0.29) is 11.9 Å². The number of aromatic hydroxyl groups is 1. The molecule has 0 bridgehead atoms. The Bertz CT molecular complexity index is 1180. The normalized spacial score (nSPS) is 19.1. The van der Waals surface area contributed by atoms with Gasteiger partial charge in [0.1, 0.15) is 5.52 Å². The number of aromatic nitrogens is 2. The summed E-state index contributed by atoms with van der Waals surface area (Å²) in [5.41, 5.74) is 0.313. The van der Waals surface area contributed by atoms with Gasteiger partial charge in [0, 0.05) is 30.5 Å². The lowest BCUT2D eigenvalue weighted by Crippen LogP contribution is -2.36. The van der Waals surface area contributed by atoms with E-state index in [1.807, 2.05) is 0 Å². The van der Waals surface area contributed by atoms with Gasteiger partial charge in [0.15, 0.2) is 17.4 Å². The lowest BCUT2D eigenvalue weighted by Gasteiger charge is -2.24. The number of hydrogen-bond donors (Lipinski definition) is 3. The summed E-state index contributed by atoms with van der Waals surface area (Å²) in [4.78, 5) is 24.4. The minimum absolute atomic E-state index is 0.139. The van der Waals surface area contributed by atoms with Crippen LogP contribution in [-0.2, 0) is 9.59 Å². The van der Waals surface area contributed by atoms with Crippen molar-refractivity contribution in [2.75, 3.05) is 0 Å². The second-order valence-corrected chi connectivity index (χ2v) is 8.90. The van der Waals surface area contributed by atoms with E-state index in [9.17, 15) is 19.1 Å². The zero-order chi connectivity index (χ0) is 23.0. The summed E-state index contributed by atoms with van der Waals surface area (Å²) in [5.74, 6) is -4.18. The van der Waals surface area contributed by atoms with Gasteiger partial charge in [-0.3, -0.25) is 9.59 Å². The summed E-state index contributed by atoms with van der Waals surface area (Å²) in [7, 11) is 0. The van der Waals surface area contributed by atoms with Crippen LogP contribution in [0.5, 0.6) is 5.75 Å². The molecule has 1 fully saturated rings. The van der Waals surface area contributed by atoms with Crippen LogP contribution in [0.1, 0.15) is 43.4 Å². The molecule has 3 atom stereocenters. The zero-order valence-electron chi connectivity index (χ0n) is 16.9. The zero-order valence-corrected chi connectivity index (χ0v) is 18.4. The Morgan fingerprint density at radius 3 is 2.81 bits per heavy atom. The van der Waals surface area contributed by atoms with Gasteiger partial charge in [-0.25, -0.2) is 8.78 Å². The highest BCUT2D eigenvalue weighted by atomic mass is 35.5. The Morgan fingerprint density at radius 2 is 2.06 bits per heavy atom. The predicted octanol–water partition coefficient (Wildman–Crippen LogP) is 3.84. The van der Waals surface area contributed by atoms with Gasteiger partial charge >= 0.3 is 0 Å². The molecule has 1 aliphatic rings. The molecule has 0 saturated heterocycles. The minimum Gasteiger partial charge on any atom is -0.505 e. The average molecular weight is 481 g/mol. The third-order valence-corrected chi connectivity index (χ3v) is 6.64. The lowest BCUT2D eigenvalue weighted by atomic mass is 9.95. The van der Waals surface area contributed by atoms with Crippen molar-refractivity contribution in [1.82, 2.24) is 20.2 Å². The third-order valence-electron chi connectivity index (χ3n) is 5.57. The van der Waals surface area contributed by atoms with E-state index < -0.39 is 45.8 Å². The van der Waals surface area contributed by atoms with Crippen molar-refractivity contribution < 1.29 is 23.5 Å². The van der Waals surface area contributed by atoms with Crippen LogP contribution < -0.4 is 10.6 Å². The summed E-state index contributed by atoms with van der Waals surface area (Å²) < 4.78 is 34.4. The van der Waals surface area contributed by atoms with E-state index in [2.05, 4.69) is 20.2 Å². The second kappa shape index (κ2) is 8.95. The summed E-state index contributed by atoms with van der Waals surface area (Å²) in [6, 6.07) is 4.30. The van der Waals surface area contributed by atoms with Crippen molar-refractivity contribution in [3.05, 3.63) is 52.0 Å². The van der Waals surface area contributed by atoms with Crippen LogP contribution in [0.25, 0.3) is 10.2 Å². The number of halogens is 3. The van der Waals surface area contributed by atoms with Crippen LogP contribution in [0.3, 0.4) is 0 Å². The number of nitrogens with one attached hydrogen (secondary N) is 2. The van der Waals surface area contributed by atoms with Crippen molar-refractivity contribution in [3.8, 4) is 5.75 Å². The standard InChI is InChI=1S/C21H19ClF2N4O3S/c1-9(29)25-11-6-5-10(7-11)21(31)26-19(12-3-2-4-14-20(12)32-28-27-14)16-17(23)13(22)8-15(30)18(16)24/h2-4,8,10-11,19,30H,5-7H2,1H3,(H,25,29)(H,26,31)/t10-,11?,19+/m1/s1. The number of phenolic OH excluding ortho intramolecular Hbond substituents is 1. The van der Waals surface area contributed by atoms with Gasteiger partial charge in [-0.15, -0.1) is 5.10 Å². The molecule has 1 unspecified atom stereocenters. The van der Waals surface area contributed by atoms with Gasteiger partial charge in [-0.2, -0.15) is 0 Å². The minimum atomic E-state index is -1.28. The Balaban J connectivity index is 1.74. The molecule has 0 spiro atoms. The number of carbonyl (C=O) groups excluding carboxylic acids is 2. The number of phenols is 1. The topological polar surface area (TPSA) is 104 Å². The summed E-state index contributed by atoms with van der Waals surface area (Å²) in [6.45, 7) is 1.41. The Labute approximate surface area is 190 Å². The summed E-state index contributed by atoms with van der Waals surface area (Å²) in [6.07, 6.45) is 1.55. The van der Waals surface area contributed by atoms with Crippen molar-refractivity contribution >= 4 is 45.2 Å². The fraction of sp³-hybridized carbons (Fsp3) is 0.333. The van der Waals surface area contributed by atoms with E-state index in [4.69, 9.17) is 11.6 Å². The largest absolute Gasteiger partial charge is 0.505 e. The summed E-state index contributed by atoms with van der Waals surface area (Å²) in [5, 5.41) is 19.0. The van der Waals surface area contributed by atoms with E-state index in [1.54, 1.807) is 18.2 Å². The molecule has 7 nitrogen and oxygen atoms in total. The average Bonchev–Trinajstić information content (AvgIpc) is 3.40. The van der Waals surface area contributed by atoms with Crippen molar-refractivity contribution in [2.45, 2.75) is 38.3 Å². The van der Waals surface area contributed by atoms with Crippen LogP contribution in [-0.4, -0.2) is 32.5 Å². The Hall–Kier alpha value is -2.85. The first-order valence-electron chi connectivity index (χ1n) is 9.91. The first-order valence-corrected chi connectivity index (χ1v) is 11.1. The highest BCUT2D eigenvalue weighted by molar-refractivity contribution is 7.13. The van der Waals surface area contributed by atoms with Crippen molar-refractivity contribution in [2.24, 2.45) is 5.92 Å². The number of rotatable bonds is 5. The molecule has 2 aromatic carbocycles. The maximum absolute atomic E-state index is 15.0. The molecule has 1 aromatic heterocycles. The van der Waals surface area contributed by atoms with Gasteiger partial charge in [-0.1, -0.05) is 28.2 Å². The highest BCUT2D eigenvalue weighted by Crippen LogP contribution is 2.38. The van der Waals surface area contributed by atoms with Crippen LogP contribution in [0, 0.1) is 17.6 Å². The molecule has 1 saturated carbocycles. The molecule has 4 rings (SSSR count). The fourth-order valence-electron chi connectivity index (χ4n) is 4.12. The predicted molar refractivity (Wildman–Crippen MR) is 115 cm³/mol. The van der Waals surface area contributed by atoms with Gasteiger partial charge in [0.2, 0.25) is 11.8 Å². The van der Waals surface area contributed by atoms with Gasteiger partial charge in [0.05, 0.1) is 21.3 Å². The first-order chi connectivity index (χ1) is 15.3. The van der Waals surface area contributed by atoms with E-state index in [1.165, 1.54) is 6.92 Å². The van der Waals surface area contributed by atoms with Crippen LogP contribution in [0.2, 0.25) is 5.02 Å². The highest BCUT2D eigenvalue weighted by Gasteiger charge is 2.35. The molecule has 3 aromatic rings. The number of carbonyl (C=O) groups is 2. The van der Waals surface area contributed by atoms with E-state index >= 15 is 4.39 Å². The number of nitrogens with zero attached hydrogens (tertiary/aromatic N) is 2. The van der Waals surface area contributed by atoms with Gasteiger partial charge in [-0.05, 0) is 36.9 Å². The molecule has 0 radical (unpaired) electrons. The van der Waals surface area contributed by atoms with Crippen molar-refractivity contribution in [3.63, 3.8) is 0 Å². The molecule has 2 amide bonds. The molecule has 3 N–H and O–H groups in total. The first kappa shape index (κ1) is 22.3. The van der Waals surface area contributed by atoms with Crippen LogP contribution in [0.15, 0.2) is 24.3 Å². The maximum atomic E-state index is 15.0. The number of amides is 2. The van der Waals surface area contributed by atoms with E-state index in [0.717, 1.165) is 17.6 Å². The fourth-order valence-corrected chi connectivity index (χ4v) is 5.03. The number of benzene rings is 2. The molecule has 1 heterocycles. The smallest absolute Gasteiger partial charge is 0.223 e.